The molecule has 0 aromatic heterocycles. The molecule has 2 aliphatic rings. The zero-order valence-electron chi connectivity index (χ0n) is 26.1. The lowest BCUT2D eigenvalue weighted by Crippen LogP contribution is -2.35. The molecule has 2 saturated carbocycles. The average molecular weight is 583 g/mol. The van der Waals surface area contributed by atoms with Gasteiger partial charge in [0.05, 0.1) is 12.2 Å². The SMILES string of the molecule is C[Si](C)(C)OC(=O)C=CCCCC[C@@H]1[C@@H](CCC(=O)CC2CCCC2)[C@H](O[Si](C)(C)C)C[C@@H]1O[Si](C)(C)C. The lowest BCUT2D eigenvalue weighted by Gasteiger charge is -2.31. The minimum Gasteiger partial charge on any atom is -0.517 e. The third kappa shape index (κ3) is 13.7. The zero-order valence-corrected chi connectivity index (χ0v) is 29.1. The van der Waals surface area contributed by atoms with Crippen molar-refractivity contribution in [2.45, 2.75) is 148 Å². The van der Waals surface area contributed by atoms with Crippen LogP contribution in [0.2, 0.25) is 58.9 Å². The van der Waals surface area contributed by atoms with Crippen molar-refractivity contribution in [3.05, 3.63) is 12.2 Å². The van der Waals surface area contributed by atoms with Gasteiger partial charge in [0.2, 0.25) is 8.32 Å². The number of allylic oxidation sites excluding steroid dienone is 1. The van der Waals surface area contributed by atoms with E-state index in [-0.39, 0.29) is 18.2 Å². The lowest BCUT2D eigenvalue weighted by atomic mass is 9.84. The predicted molar refractivity (Wildman–Crippen MR) is 166 cm³/mol. The van der Waals surface area contributed by atoms with E-state index in [0.29, 0.717) is 30.0 Å². The molecule has 2 aliphatic carbocycles. The molecule has 0 radical (unpaired) electrons. The molecule has 5 nitrogen and oxygen atoms in total. The summed E-state index contributed by atoms with van der Waals surface area (Å²) in [5.41, 5.74) is 0. The van der Waals surface area contributed by atoms with Gasteiger partial charge in [0.1, 0.15) is 5.78 Å². The van der Waals surface area contributed by atoms with Crippen molar-refractivity contribution in [2.24, 2.45) is 17.8 Å². The van der Waals surface area contributed by atoms with Crippen LogP contribution in [0.5, 0.6) is 0 Å². The summed E-state index contributed by atoms with van der Waals surface area (Å²) in [6, 6.07) is 0. The van der Waals surface area contributed by atoms with Gasteiger partial charge in [-0.05, 0) is 109 Å². The summed E-state index contributed by atoms with van der Waals surface area (Å²) in [6.07, 6.45) is 16.5. The lowest BCUT2D eigenvalue weighted by molar-refractivity contribution is -0.129. The van der Waals surface area contributed by atoms with E-state index in [9.17, 15) is 9.59 Å². The van der Waals surface area contributed by atoms with Gasteiger partial charge in [0.15, 0.2) is 16.6 Å². The second-order valence-corrected chi connectivity index (χ2v) is 28.1. The number of hydrogen-bond donors (Lipinski definition) is 0. The first-order valence-corrected chi connectivity index (χ1v) is 25.5. The number of Topliss-reactive ketones (excluding diaryl/α,β-unsaturated/α-hetero) is 1. The number of ketones is 1. The normalized spacial score (nSPS) is 25.4. The fourth-order valence-corrected chi connectivity index (χ4v) is 9.26. The number of unbranched alkanes of at least 4 members (excludes halogenated alkanes) is 2. The van der Waals surface area contributed by atoms with Crippen molar-refractivity contribution < 1.29 is 22.9 Å². The molecule has 0 amide bonds. The molecule has 0 spiro atoms. The quantitative estimate of drug-likeness (QED) is 0.104. The molecular weight excluding hydrogens is 525 g/mol. The van der Waals surface area contributed by atoms with Gasteiger partial charge < -0.3 is 13.3 Å². The summed E-state index contributed by atoms with van der Waals surface area (Å²) < 4.78 is 19.0. The summed E-state index contributed by atoms with van der Waals surface area (Å²) in [5.74, 6) is 1.68. The standard InChI is InChI=1S/C30H58O5Si3/c1-36(2,3)33-28-23-29(34-37(4,5)6)27(21-20-25(31)22-24-16-14-15-17-24)26(28)18-12-10-11-13-19-30(32)35-38(7,8)9/h13,19,24,26-29H,10-12,14-18,20-23H2,1-9H3/t26-,27-,28+,29-/m1/s1. The molecule has 0 aromatic carbocycles. The number of hydrogen-bond acceptors (Lipinski definition) is 5. The van der Waals surface area contributed by atoms with Crippen LogP contribution in [0.3, 0.4) is 0 Å². The van der Waals surface area contributed by atoms with Gasteiger partial charge in [-0.1, -0.05) is 38.2 Å². The van der Waals surface area contributed by atoms with Crippen molar-refractivity contribution in [1.82, 2.24) is 0 Å². The van der Waals surface area contributed by atoms with E-state index < -0.39 is 25.0 Å². The first kappa shape index (κ1) is 33.7. The highest BCUT2D eigenvalue weighted by atomic mass is 28.4. The monoisotopic (exact) mass is 582 g/mol. The Balaban J connectivity index is 2.02. The predicted octanol–water partition coefficient (Wildman–Crippen LogP) is 8.49. The molecule has 0 unspecified atom stereocenters. The fraction of sp³-hybridized carbons (Fsp3) is 0.867. The molecular formula is C30H58O5Si3. The van der Waals surface area contributed by atoms with Gasteiger partial charge in [-0.2, -0.15) is 0 Å². The van der Waals surface area contributed by atoms with Crippen molar-refractivity contribution >= 4 is 36.7 Å². The second-order valence-electron chi connectivity index (χ2n) is 14.8. The molecule has 0 aromatic rings. The van der Waals surface area contributed by atoms with Crippen molar-refractivity contribution in [2.75, 3.05) is 0 Å². The van der Waals surface area contributed by atoms with Crippen LogP contribution in [0.4, 0.5) is 0 Å². The summed E-state index contributed by atoms with van der Waals surface area (Å²) >= 11 is 0. The maximum Gasteiger partial charge on any atom is 0.317 e. The Morgan fingerprint density at radius 2 is 1.32 bits per heavy atom. The topological polar surface area (TPSA) is 61.8 Å². The maximum atomic E-state index is 12.9. The summed E-state index contributed by atoms with van der Waals surface area (Å²) in [5, 5.41) is 0. The van der Waals surface area contributed by atoms with Crippen LogP contribution in [0.15, 0.2) is 12.2 Å². The van der Waals surface area contributed by atoms with Crippen molar-refractivity contribution in [3.63, 3.8) is 0 Å². The fourth-order valence-electron chi connectivity index (χ4n) is 6.23. The van der Waals surface area contributed by atoms with Crippen molar-refractivity contribution in [3.8, 4) is 0 Å². The van der Waals surface area contributed by atoms with E-state index in [1.54, 1.807) is 6.08 Å². The van der Waals surface area contributed by atoms with E-state index in [0.717, 1.165) is 44.9 Å². The molecule has 220 valence electrons. The second kappa shape index (κ2) is 14.9. The largest absolute Gasteiger partial charge is 0.517 e. The van der Waals surface area contributed by atoms with Crippen molar-refractivity contribution in [1.29, 1.82) is 0 Å². The van der Waals surface area contributed by atoms with E-state index in [1.807, 2.05) is 25.7 Å². The van der Waals surface area contributed by atoms with Crippen LogP contribution in [-0.4, -0.2) is 48.9 Å². The maximum absolute atomic E-state index is 12.9. The minimum atomic E-state index is -1.84. The van der Waals surface area contributed by atoms with Crippen LogP contribution < -0.4 is 0 Å². The third-order valence-electron chi connectivity index (χ3n) is 7.55. The molecule has 0 aliphatic heterocycles. The highest BCUT2D eigenvalue weighted by Gasteiger charge is 2.46. The van der Waals surface area contributed by atoms with Crippen LogP contribution in [0.25, 0.3) is 0 Å². The highest BCUT2D eigenvalue weighted by Crippen LogP contribution is 2.44. The van der Waals surface area contributed by atoms with Crippen LogP contribution in [-0.2, 0) is 22.9 Å². The minimum absolute atomic E-state index is 0.198. The highest BCUT2D eigenvalue weighted by molar-refractivity contribution is 6.71. The Bertz CT molecular complexity index is 772. The Morgan fingerprint density at radius 3 is 1.84 bits per heavy atom. The first-order valence-electron chi connectivity index (χ1n) is 15.3. The van der Waals surface area contributed by atoms with Crippen LogP contribution in [0, 0.1) is 17.8 Å². The Morgan fingerprint density at radius 1 is 0.763 bits per heavy atom. The molecule has 0 saturated heterocycles. The number of rotatable bonds is 16. The van der Waals surface area contributed by atoms with E-state index >= 15 is 0 Å². The molecule has 4 atom stereocenters. The van der Waals surface area contributed by atoms with Crippen LogP contribution in [0.1, 0.15) is 77.0 Å². The van der Waals surface area contributed by atoms with Gasteiger partial charge in [0.25, 0.3) is 0 Å². The summed E-state index contributed by atoms with van der Waals surface area (Å²) in [6.45, 7) is 19.7. The van der Waals surface area contributed by atoms with Gasteiger partial charge in [-0.3, -0.25) is 4.79 Å². The van der Waals surface area contributed by atoms with Crippen LogP contribution >= 0.6 is 0 Å². The summed E-state index contributed by atoms with van der Waals surface area (Å²) in [4.78, 5) is 24.9. The van der Waals surface area contributed by atoms with Gasteiger partial charge in [-0.25, -0.2) is 4.79 Å². The molecule has 8 heteroatoms. The Hall–Kier alpha value is -0.549. The molecule has 0 heterocycles. The Kier molecular flexibility index (Phi) is 13.2. The van der Waals surface area contributed by atoms with E-state index in [2.05, 4.69) is 39.3 Å². The number of carbonyl (C=O) groups is 2. The Labute approximate surface area is 237 Å². The number of carbonyl (C=O) groups excluding carboxylic acids is 2. The smallest absolute Gasteiger partial charge is 0.317 e. The average Bonchev–Trinajstić information content (AvgIpc) is 3.33. The third-order valence-corrected chi connectivity index (χ3v) is 10.4. The van der Waals surface area contributed by atoms with Gasteiger partial charge >= 0.3 is 5.97 Å². The first-order chi connectivity index (χ1) is 17.5. The molecule has 0 N–H and O–H groups in total. The van der Waals surface area contributed by atoms with E-state index in [1.165, 1.54) is 25.7 Å². The van der Waals surface area contributed by atoms with Gasteiger partial charge in [-0.15, -0.1) is 0 Å². The molecule has 2 rings (SSSR count). The molecule has 38 heavy (non-hydrogen) atoms. The summed E-state index contributed by atoms with van der Waals surface area (Å²) in [7, 11) is -5.28. The molecule has 0 bridgehead atoms. The van der Waals surface area contributed by atoms with Gasteiger partial charge in [0, 0.05) is 18.9 Å². The molecule has 2 fully saturated rings. The van der Waals surface area contributed by atoms with E-state index in [4.69, 9.17) is 13.3 Å². The zero-order chi connectivity index (χ0) is 28.6.